The summed E-state index contributed by atoms with van der Waals surface area (Å²) in [4.78, 5) is 2.82. The number of nitrogens with zero attached hydrogens (tertiary/aromatic N) is 2. The summed E-state index contributed by atoms with van der Waals surface area (Å²) >= 11 is 0. The van der Waals surface area contributed by atoms with Gasteiger partial charge in [-0.15, -0.1) is 0 Å². The molecule has 1 aliphatic rings. The molecule has 6 nitrogen and oxygen atoms in total. The van der Waals surface area contributed by atoms with Crippen molar-refractivity contribution in [2.45, 2.75) is 25.2 Å². The molecule has 0 aliphatic carbocycles. The first kappa shape index (κ1) is 35.4. The van der Waals surface area contributed by atoms with Crippen LogP contribution in [0.15, 0.2) is 0 Å². The first-order valence-corrected chi connectivity index (χ1v) is 8.37. The number of halogens is 8. The number of rotatable bonds is 2. The van der Waals surface area contributed by atoms with Gasteiger partial charge in [-0.3, -0.25) is 9.80 Å². The highest BCUT2D eigenvalue weighted by atomic mass is 35.5. The molecule has 0 amide bonds. The van der Waals surface area contributed by atoms with Crippen LogP contribution in [0.25, 0.3) is 0 Å². The molecule has 0 unspecified atom stereocenters. The van der Waals surface area contributed by atoms with E-state index in [4.69, 9.17) is 0 Å². The molecule has 0 saturated carbocycles. The predicted molar refractivity (Wildman–Crippen MR) is 84.8 cm³/mol. The maximum atomic E-state index is 12.5. The number of nitrogens with two attached hydrogens (primary N) is 2. The third-order valence-electron chi connectivity index (χ3n) is 3.87. The zero-order valence-corrected chi connectivity index (χ0v) is 17.1. The van der Waals surface area contributed by atoms with Crippen LogP contribution in [0.2, 0.25) is 0 Å². The van der Waals surface area contributed by atoms with Crippen LogP contribution in [0.1, 0.15) is 12.8 Å². The van der Waals surface area contributed by atoms with Crippen molar-refractivity contribution in [1.82, 2.24) is 9.80 Å². The standard InChI is InChI=1S/C14H26F6N4.2ClH.2H2O/c15-13(16,17)11-23-7-1-3-21-5-10-24(12-14(18,19)20)8-2-4-22-6-9-23;;;;/h21-22H,1-12H2;2*1H;2*1H2. The SMILES string of the molecule is FC(F)(F)CN1CCC[NH2+]CCN(CC(F)(F)F)CCC[NH2+]CC1.O.O.[Cl-].[Cl-]. The average molecular weight is 473 g/mol. The molecule has 1 aliphatic heterocycles. The van der Waals surface area contributed by atoms with Crippen LogP contribution in [-0.4, -0.2) is 98.6 Å². The Morgan fingerprint density at radius 1 is 0.571 bits per heavy atom. The summed E-state index contributed by atoms with van der Waals surface area (Å²) in [6.07, 6.45) is -7.22. The van der Waals surface area contributed by atoms with Crippen LogP contribution in [0, 0.1) is 0 Å². The van der Waals surface area contributed by atoms with Gasteiger partial charge in [0.25, 0.3) is 0 Å². The fourth-order valence-corrected chi connectivity index (χ4v) is 2.80. The highest BCUT2D eigenvalue weighted by Crippen LogP contribution is 2.17. The summed E-state index contributed by atoms with van der Waals surface area (Å²) in [6.45, 7) is 1.89. The number of quaternary nitrogens is 2. The second kappa shape index (κ2) is 17.8. The van der Waals surface area contributed by atoms with Gasteiger partial charge in [-0.2, -0.15) is 26.3 Å². The minimum absolute atomic E-state index is 0. The Morgan fingerprint density at radius 3 is 1.18 bits per heavy atom. The quantitative estimate of drug-likeness (QED) is 0.390. The molecule has 28 heavy (non-hydrogen) atoms. The summed E-state index contributed by atoms with van der Waals surface area (Å²) in [5.74, 6) is 0. The molecule has 176 valence electrons. The smallest absolute Gasteiger partial charge is 0.401 e. The molecule has 0 aromatic carbocycles. The van der Waals surface area contributed by atoms with Crippen molar-refractivity contribution < 1.29 is 72.7 Å². The number of hydrogen-bond acceptors (Lipinski definition) is 2. The Hall–Kier alpha value is -0.0800. The van der Waals surface area contributed by atoms with Gasteiger partial charge in [0.1, 0.15) is 0 Å². The summed E-state index contributed by atoms with van der Waals surface area (Å²) in [5.41, 5.74) is 0. The molecule has 0 radical (unpaired) electrons. The fraction of sp³-hybridized carbons (Fsp3) is 1.00. The van der Waals surface area contributed by atoms with Gasteiger partial charge in [0.15, 0.2) is 0 Å². The second-order valence-corrected chi connectivity index (χ2v) is 6.22. The third-order valence-corrected chi connectivity index (χ3v) is 3.87. The largest absolute Gasteiger partial charge is 1.00 e. The lowest BCUT2D eigenvalue weighted by Gasteiger charge is -2.24. The number of alkyl halides is 6. The number of hydrogen-bond donors (Lipinski definition) is 2. The van der Waals surface area contributed by atoms with E-state index in [0.29, 0.717) is 65.2 Å². The summed E-state index contributed by atoms with van der Waals surface area (Å²) in [5, 5.41) is 3.76. The Morgan fingerprint density at radius 2 is 0.893 bits per heavy atom. The van der Waals surface area contributed by atoms with Crippen molar-refractivity contribution in [1.29, 1.82) is 0 Å². The van der Waals surface area contributed by atoms with Gasteiger partial charge in [0.2, 0.25) is 0 Å². The molecular weight excluding hydrogens is 441 g/mol. The van der Waals surface area contributed by atoms with Crippen molar-refractivity contribution in [2.75, 3.05) is 65.4 Å². The average Bonchev–Trinajstić information content (AvgIpc) is 2.41. The molecule has 0 aromatic heterocycles. The summed E-state index contributed by atoms with van der Waals surface area (Å²) in [7, 11) is 0. The van der Waals surface area contributed by atoms with Gasteiger partial charge in [0.05, 0.1) is 39.3 Å². The van der Waals surface area contributed by atoms with Gasteiger partial charge in [-0.25, -0.2) is 0 Å². The van der Waals surface area contributed by atoms with Gasteiger partial charge in [0, 0.05) is 39.0 Å². The molecule has 1 saturated heterocycles. The summed E-state index contributed by atoms with van der Waals surface area (Å²) in [6, 6.07) is 0. The van der Waals surface area contributed by atoms with Crippen molar-refractivity contribution in [2.24, 2.45) is 0 Å². The Bertz CT molecular complexity index is 307. The van der Waals surface area contributed by atoms with E-state index >= 15 is 0 Å². The van der Waals surface area contributed by atoms with Gasteiger partial charge in [-0.05, 0) is 0 Å². The van der Waals surface area contributed by atoms with E-state index in [2.05, 4.69) is 0 Å². The van der Waals surface area contributed by atoms with Crippen molar-refractivity contribution in [3.8, 4) is 0 Å². The maximum absolute atomic E-state index is 12.5. The molecule has 8 N–H and O–H groups in total. The predicted octanol–water partition coefficient (Wildman–Crippen LogP) is -8.01. The fourth-order valence-electron chi connectivity index (χ4n) is 2.80. The van der Waals surface area contributed by atoms with Crippen LogP contribution in [0.3, 0.4) is 0 Å². The summed E-state index contributed by atoms with van der Waals surface area (Å²) < 4.78 is 75.2. The topological polar surface area (TPSA) is 103 Å². The monoisotopic (exact) mass is 472 g/mol. The Kier molecular flexibility index (Phi) is 22.4. The molecule has 1 rings (SSSR count). The lowest BCUT2D eigenvalue weighted by atomic mass is 10.3. The minimum Gasteiger partial charge on any atom is -1.00 e. The molecule has 0 spiro atoms. The van der Waals surface area contributed by atoms with Gasteiger partial charge in [-0.1, -0.05) is 0 Å². The zero-order chi connectivity index (χ0) is 18.1. The highest BCUT2D eigenvalue weighted by Gasteiger charge is 2.31. The van der Waals surface area contributed by atoms with Gasteiger partial charge >= 0.3 is 12.4 Å². The highest BCUT2D eigenvalue weighted by molar-refractivity contribution is 4.64. The molecule has 0 bridgehead atoms. The van der Waals surface area contributed by atoms with Crippen LogP contribution in [0.4, 0.5) is 26.3 Å². The van der Waals surface area contributed by atoms with Crippen LogP contribution in [0.5, 0.6) is 0 Å². The Balaban J connectivity index is -0.000000720. The van der Waals surface area contributed by atoms with Crippen molar-refractivity contribution in [3.63, 3.8) is 0 Å². The van der Waals surface area contributed by atoms with E-state index in [1.807, 2.05) is 10.6 Å². The molecule has 1 heterocycles. The molecule has 14 heteroatoms. The van der Waals surface area contributed by atoms with Crippen LogP contribution in [-0.2, 0) is 0 Å². The molecule has 1 fully saturated rings. The first-order valence-electron chi connectivity index (χ1n) is 8.37. The molecule has 0 aromatic rings. The maximum Gasteiger partial charge on any atom is 0.401 e. The van der Waals surface area contributed by atoms with E-state index in [1.165, 1.54) is 9.80 Å². The van der Waals surface area contributed by atoms with E-state index in [0.717, 1.165) is 0 Å². The normalized spacial score (nSPS) is 19.1. The van der Waals surface area contributed by atoms with Crippen molar-refractivity contribution in [3.05, 3.63) is 0 Å². The van der Waals surface area contributed by atoms with E-state index in [-0.39, 0.29) is 35.8 Å². The lowest BCUT2D eigenvalue weighted by Crippen LogP contribution is -3.00. The minimum atomic E-state index is -4.20. The molecular formula is C14H32Cl2F6N4O2. The third kappa shape index (κ3) is 20.6. The van der Waals surface area contributed by atoms with E-state index < -0.39 is 25.4 Å². The molecule has 0 atom stereocenters. The van der Waals surface area contributed by atoms with E-state index in [9.17, 15) is 26.3 Å². The van der Waals surface area contributed by atoms with Crippen molar-refractivity contribution >= 4 is 0 Å². The van der Waals surface area contributed by atoms with Crippen LogP contribution < -0.4 is 35.4 Å². The Labute approximate surface area is 173 Å². The van der Waals surface area contributed by atoms with E-state index in [1.54, 1.807) is 0 Å². The zero-order valence-electron chi connectivity index (χ0n) is 15.6. The lowest BCUT2D eigenvalue weighted by molar-refractivity contribution is -0.658. The van der Waals surface area contributed by atoms with Gasteiger partial charge < -0.3 is 46.4 Å². The second-order valence-electron chi connectivity index (χ2n) is 6.22. The van der Waals surface area contributed by atoms with Crippen LogP contribution >= 0.6 is 0 Å². The first-order chi connectivity index (χ1) is 11.2.